The maximum atomic E-state index is 10.9. The van der Waals surface area contributed by atoms with Gasteiger partial charge in [-0.1, -0.05) is 48.5 Å². The highest BCUT2D eigenvalue weighted by atomic mass is 16.7. The van der Waals surface area contributed by atoms with Crippen LogP contribution in [-0.2, 0) is 16.2 Å². The van der Waals surface area contributed by atoms with Gasteiger partial charge in [0.05, 0.1) is 5.69 Å². The summed E-state index contributed by atoms with van der Waals surface area (Å²) in [6.45, 7) is 0.370. The molecular weight excluding hydrogens is 214 g/mol. The van der Waals surface area contributed by atoms with E-state index in [4.69, 9.17) is 4.84 Å². The maximum Gasteiger partial charge on any atom is 0.238 e. The first-order chi connectivity index (χ1) is 8.40. The molecule has 2 aromatic rings. The van der Waals surface area contributed by atoms with Crippen LogP contribution in [0.2, 0.25) is 0 Å². The molecule has 0 spiro atoms. The number of rotatable bonds is 5. The van der Waals surface area contributed by atoms with Gasteiger partial charge in [-0.05, 0) is 17.7 Å². The van der Waals surface area contributed by atoms with Gasteiger partial charge in [-0.25, -0.2) is 0 Å². The van der Waals surface area contributed by atoms with Crippen molar-refractivity contribution in [2.75, 3.05) is 5.06 Å². The molecular formula is C14H13NO2. The van der Waals surface area contributed by atoms with E-state index in [1.54, 1.807) is 0 Å². The average molecular weight is 227 g/mol. The minimum atomic E-state index is 0.370. The van der Waals surface area contributed by atoms with Crippen molar-refractivity contribution in [1.82, 2.24) is 0 Å². The molecule has 0 aliphatic rings. The zero-order valence-electron chi connectivity index (χ0n) is 9.32. The number of nitrogens with zero attached hydrogens (tertiary/aromatic N) is 1. The molecule has 0 N–H and O–H groups in total. The molecule has 17 heavy (non-hydrogen) atoms. The lowest BCUT2D eigenvalue weighted by Gasteiger charge is -2.16. The number of hydrogen-bond acceptors (Lipinski definition) is 2. The molecule has 0 aliphatic heterocycles. The lowest BCUT2D eigenvalue weighted by Crippen LogP contribution is -2.21. The highest BCUT2D eigenvalue weighted by Gasteiger charge is 2.04. The second-order valence-electron chi connectivity index (χ2n) is 3.53. The molecule has 2 aromatic carbocycles. The molecule has 0 aliphatic carbocycles. The van der Waals surface area contributed by atoms with E-state index in [1.807, 2.05) is 60.7 Å². The average Bonchev–Trinajstić information content (AvgIpc) is 2.42. The van der Waals surface area contributed by atoms with Crippen molar-refractivity contribution >= 4 is 12.1 Å². The van der Waals surface area contributed by atoms with Gasteiger partial charge in [0.1, 0.15) is 6.61 Å². The van der Waals surface area contributed by atoms with Crippen LogP contribution in [-0.4, -0.2) is 6.41 Å². The monoisotopic (exact) mass is 227 g/mol. The molecule has 2 rings (SSSR count). The van der Waals surface area contributed by atoms with Crippen LogP contribution in [0.4, 0.5) is 5.69 Å². The molecule has 0 unspecified atom stereocenters. The standard InChI is InChI=1S/C14H13NO2/c16-12-15(14-9-5-2-6-10-14)17-11-13-7-3-1-4-8-13/h1-10,12H,11H2. The van der Waals surface area contributed by atoms with Crippen LogP contribution in [0.1, 0.15) is 5.56 Å². The Bertz CT molecular complexity index is 456. The predicted molar refractivity (Wildman–Crippen MR) is 66.2 cm³/mol. The number of para-hydroxylation sites is 1. The van der Waals surface area contributed by atoms with Crippen molar-refractivity contribution < 1.29 is 9.63 Å². The summed E-state index contributed by atoms with van der Waals surface area (Å²) >= 11 is 0. The molecule has 0 heterocycles. The minimum Gasteiger partial charge on any atom is -0.276 e. The van der Waals surface area contributed by atoms with Crippen molar-refractivity contribution in [2.24, 2.45) is 0 Å². The lowest BCUT2D eigenvalue weighted by molar-refractivity contribution is -0.114. The van der Waals surface area contributed by atoms with Crippen molar-refractivity contribution in [3.63, 3.8) is 0 Å². The summed E-state index contributed by atoms with van der Waals surface area (Å²) < 4.78 is 0. The van der Waals surface area contributed by atoms with E-state index in [0.717, 1.165) is 11.3 Å². The predicted octanol–water partition coefficient (Wildman–Crippen LogP) is 2.78. The first kappa shape index (κ1) is 11.4. The molecule has 86 valence electrons. The largest absolute Gasteiger partial charge is 0.276 e. The van der Waals surface area contributed by atoms with Crippen LogP contribution in [0.15, 0.2) is 60.7 Å². The van der Waals surface area contributed by atoms with Crippen molar-refractivity contribution in [3.8, 4) is 0 Å². The van der Waals surface area contributed by atoms with Crippen LogP contribution in [0, 0.1) is 0 Å². The normalized spacial score (nSPS) is 9.88. The number of carbonyl (C=O) groups excluding carboxylic acids is 1. The molecule has 3 heteroatoms. The number of benzene rings is 2. The Hall–Kier alpha value is -2.13. The molecule has 0 bridgehead atoms. The summed E-state index contributed by atoms with van der Waals surface area (Å²) in [5.74, 6) is 0. The van der Waals surface area contributed by atoms with Crippen LogP contribution in [0.5, 0.6) is 0 Å². The zero-order valence-corrected chi connectivity index (χ0v) is 9.32. The minimum absolute atomic E-state index is 0.370. The van der Waals surface area contributed by atoms with Crippen molar-refractivity contribution in [1.29, 1.82) is 0 Å². The van der Waals surface area contributed by atoms with Gasteiger partial charge in [0.15, 0.2) is 0 Å². The van der Waals surface area contributed by atoms with Gasteiger partial charge in [0.25, 0.3) is 0 Å². The second kappa shape index (κ2) is 5.82. The van der Waals surface area contributed by atoms with Gasteiger partial charge >= 0.3 is 0 Å². The van der Waals surface area contributed by atoms with E-state index >= 15 is 0 Å². The lowest BCUT2D eigenvalue weighted by atomic mass is 10.2. The van der Waals surface area contributed by atoms with E-state index in [2.05, 4.69) is 0 Å². The fourth-order valence-corrected chi connectivity index (χ4v) is 1.46. The summed E-state index contributed by atoms with van der Waals surface area (Å²) in [5, 5.41) is 1.23. The molecule has 0 aromatic heterocycles. The Kier molecular flexibility index (Phi) is 3.89. The van der Waals surface area contributed by atoms with Gasteiger partial charge in [-0.2, -0.15) is 5.06 Å². The Morgan fingerprint density at radius 2 is 1.53 bits per heavy atom. The Morgan fingerprint density at radius 1 is 0.941 bits per heavy atom. The SMILES string of the molecule is O=CN(OCc1ccccc1)c1ccccc1. The third kappa shape index (κ3) is 3.16. The molecule has 0 radical (unpaired) electrons. The number of anilines is 1. The summed E-state index contributed by atoms with van der Waals surface area (Å²) in [6.07, 6.45) is 0.665. The van der Waals surface area contributed by atoms with Gasteiger partial charge in [-0.15, -0.1) is 0 Å². The van der Waals surface area contributed by atoms with Gasteiger partial charge in [0.2, 0.25) is 6.41 Å². The van der Waals surface area contributed by atoms with Gasteiger partial charge in [0, 0.05) is 0 Å². The van der Waals surface area contributed by atoms with Crippen molar-refractivity contribution in [2.45, 2.75) is 6.61 Å². The molecule has 0 atom stereocenters. The van der Waals surface area contributed by atoms with Gasteiger partial charge < -0.3 is 0 Å². The number of carbonyl (C=O) groups is 1. The summed E-state index contributed by atoms with van der Waals surface area (Å²) in [4.78, 5) is 16.4. The quantitative estimate of drug-likeness (QED) is 0.580. The van der Waals surface area contributed by atoms with Crippen LogP contribution in [0.25, 0.3) is 0 Å². The smallest absolute Gasteiger partial charge is 0.238 e. The van der Waals surface area contributed by atoms with E-state index in [1.165, 1.54) is 5.06 Å². The third-order valence-corrected chi connectivity index (χ3v) is 2.32. The van der Waals surface area contributed by atoms with E-state index in [-0.39, 0.29) is 0 Å². The van der Waals surface area contributed by atoms with Crippen LogP contribution < -0.4 is 5.06 Å². The Labute approximate surface area is 100 Å². The van der Waals surface area contributed by atoms with Crippen LogP contribution in [0.3, 0.4) is 0 Å². The number of hydrogen-bond donors (Lipinski definition) is 0. The maximum absolute atomic E-state index is 10.9. The first-order valence-electron chi connectivity index (χ1n) is 5.36. The highest BCUT2D eigenvalue weighted by Crippen LogP contribution is 2.13. The number of hydroxylamine groups is 1. The molecule has 1 amide bonds. The number of amides is 1. The fraction of sp³-hybridized carbons (Fsp3) is 0.0714. The summed E-state index contributed by atoms with van der Waals surface area (Å²) in [6, 6.07) is 19.0. The fourth-order valence-electron chi connectivity index (χ4n) is 1.46. The molecule has 0 fully saturated rings. The second-order valence-corrected chi connectivity index (χ2v) is 3.53. The van der Waals surface area contributed by atoms with E-state index < -0.39 is 0 Å². The molecule has 0 saturated heterocycles. The molecule has 0 saturated carbocycles. The van der Waals surface area contributed by atoms with Crippen molar-refractivity contribution in [3.05, 3.63) is 66.2 Å². The van der Waals surface area contributed by atoms with E-state index in [9.17, 15) is 4.79 Å². The highest BCUT2D eigenvalue weighted by molar-refractivity contribution is 5.71. The van der Waals surface area contributed by atoms with Crippen LogP contribution >= 0.6 is 0 Å². The summed E-state index contributed by atoms with van der Waals surface area (Å²) in [5.41, 5.74) is 1.74. The van der Waals surface area contributed by atoms with Gasteiger partial charge in [-0.3, -0.25) is 9.63 Å². The third-order valence-electron chi connectivity index (χ3n) is 2.32. The Morgan fingerprint density at radius 3 is 2.12 bits per heavy atom. The van der Waals surface area contributed by atoms with E-state index in [0.29, 0.717) is 13.0 Å². The summed E-state index contributed by atoms with van der Waals surface area (Å²) in [7, 11) is 0. The topological polar surface area (TPSA) is 29.5 Å². The molecule has 3 nitrogen and oxygen atoms in total. The zero-order chi connectivity index (χ0) is 11.9. The Balaban J connectivity index is 2.00. The first-order valence-corrected chi connectivity index (χ1v) is 5.36.